The highest BCUT2D eigenvalue weighted by Crippen LogP contribution is 2.48. The van der Waals surface area contributed by atoms with Gasteiger partial charge in [0.05, 0.1) is 4.88 Å². The molecule has 194 valence electrons. The number of aromatic carboxylic acids is 1. The summed E-state index contributed by atoms with van der Waals surface area (Å²) in [5, 5.41) is 9.25. The molecule has 2 aliphatic heterocycles. The van der Waals surface area contributed by atoms with Crippen LogP contribution in [0.3, 0.4) is 0 Å². The van der Waals surface area contributed by atoms with Gasteiger partial charge >= 0.3 is 5.97 Å². The molecule has 3 atom stereocenters. The molecule has 3 aliphatic rings. The topological polar surface area (TPSA) is 132 Å². The normalized spacial score (nSPS) is 22.4. The minimum absolute atomic E-state index is 0.0644. The molecule has 3 heterocycles. The quantitative estimate of drug-likeness (QED) is 0.466. The average Bonchev–Trinajstić information content (AvgIpc) is 3.17. The van der Waals surface area contributed by atoms with Crippen LogP contribution in [-0.2, 0) is 6.42 Å². The maximum Gasteiger partial charge on any atom is 0.339 e. The van der Waals surface area contributed by atoms with Crippen molar-refractivity contribution < 1.29 is 23.8 Å². The van der Waals surface area contributed by atoms with Gasteiger partial charge in [0.25, 0.3) is 5.91 Å². The van der Waals surface area contributed by atoms with Crippen molar-refractivity contribution >= 4 is 28.3 Å². The lowest BCUT2D eigenvalue weighted by Crippen LogP contribution is -2.42. The van der Waals surface area contributed by atoms with Crippen LogP contribution in [0.15, 0.2) is 42.5 Å². The number of carboxylic acids is 1. The molecule has 6 rings (SSSR count). The van der Waals surface area contributed by atoms with Gasteiger partial charge in [-0.25, -0.2) is 14.2 Å². The molecule has 37 heavy (non-hydrogen) atoms. The first-order valence-electron chi connectivity index (χ1n) is 12.2. The van der Waals surface area contributed by atoms with Gasteiger partial charge in [0.2, 0.25) is 0 Å². The third-order valence-corrected chi connectivity index (χ3v) is 7.91. The molecule has 1 aliphatic carbocycles. The molecule has 2 aromatic carbocycles. The van der Waals surface area contributed by atoms with Crippen molar-refractivity contribution in [2.24, 2.45) is 11.7 Å². The first-order valence-corrected chi connectivity index (χ1v) is 13.0. The smallest absolute Gasteiger partial charge is 0.339 e. The minimum Gasteiger partial charge on any atom is -0.486 e. The van der Waals surface area contributed by atoms with Gasteiger partial charge in [-0.1, -0.05) is 35.6 Å². The van der Waals surface area contributed by atoms with Gasteiger partial charge in [-0.3, -0.25) is 4.79 Å². The fourth-order valence-corrected chi connectivity index (χ4v) is 6.12. The Balaban J connectivity index is 0.000000171. The monoisotopic (exact) mass is 524 g/mol. The Morgan fingerprint density at radius 2 is 2.00 bits per heavy atom. The number of hydrogen-bond donors (Lipinski definition) is 3. The van der Waals surface area contributed by atoms with Crippen LogP contribution in [-0.4, -0.2) is 51.1 Å². The van der Waals surface area contributed by atoms with Gasteiger partial charge < -0.3 is 26.2 Å². The Kier molecular flexibility index (Phi) is 6.41. The van der Waals surface area contributed by atoms with Crippen molar-refractivity contribution in [3.63, 3.8) is 0 Å². The first-order chi connectivity index (χ1) is 17.6. The number of carboxylic acid groups (broad SMARTS) is 1. The zero-order valence-corrected chi connectivity index (χ0v) is 21.4. The summed E-state index contributed by atoms with van der Waals surface area (Å²) in [6, 6.07) is 11.7. The maximum atomic E-state index is 13.5. The number of nitrogens with two attached hydrogens (primary N) is 2. The van der Waals surface area contributed by atoms with Gasteiger partial charge in [0.15, 0.2) is 5.13 Å². The Morgan fingerprint density at radius 3 is 2.70 bits per heavy atom. The largest absolute Gasteiger partial charge is 0.486 e. The summed E-state index contributed by atoms with van der Waals surface area (Å²) in [5.74, 6) is -0.320. The number of likely N-dealkylation sites (tertiary alicyclic amines) is 1. The SMILES string of the molecule is CC1(C)Cc2cccc(C(=O)O)c2O1.NC[C@@H]1C[C@@H]2C[C@@H]2N1C(=O)c1nc(N)sc1-c1cccc(F)c1. The van der Waals surface area contributed by atoms with Crippen molar-refractivity contribution in [2.45, 2.75) is 50.8 Å². The van der Waals surface area contributed by atoms with Gasteiger partial charge in [0.1, 0.15) is 28.4 Å². The third-order valence-electron chi connectivity index (χ3n) is 6.97. The number of rotatable bonds is 4. The van der Waals surface area contributed by atoms with Crippen LogP contribution in [0.5, 0.6) is 5.75 Å². The Morgan fingerprint density at radius 1 is 1.24 bits per heavy atom. The van der Waals surface area contributed by atoms with E-state index in [4.69, 9.17) is 21.3 Å². The van der Waals surface area contributed by atoms with Crippen LogP contribution in [0.25, 0.3) is 10.4 Å². The van der Waals surface area contributed by atoms with E-state index in [1.807, 2.05) is 24.8 Å². The summed E-state index contributed by atoms with van der Waals surface area (Å²) in [4.78, 5) is 30.6. The summed E-state index contributed by atoms with van der Waals surface area (Å²) < 4.78 is 19.1. The van der Waals surface area contributed by atoms with E-state index < -0.39 is 5.97 Å². The number of nitrogens with zero attached hydrogens (tertiary/aromatic N) is 2. The molecule has 10 heteroatoms. The lowest BCUT2D eigenvalue weighted by Gasteiger charge is -2.26. The summed E-state index contributed by atoms with van der Waals surface area (Å²) in [7, 11) is 0. The molecule has 0 spiro atoms. The van der Waals surface area contributed by atoms with Crippen molar-refractivity contribution in [1.82, 2.24) is 9.88 Å². The second-order valence-electron chi connectivity index (χ2n) is 10.3. The second-order valence-corrected chi connectivity index (χ2v) is 11.3. The fraction of sp³-hybridized carbons (Fsp3) is 0.370. The molecular formula is C27H29FN4O4S. The van der Waals surface area contributed by atoms with Crippen LogP contribution >= 0.6 is 11.3 Å². The Hall–Kier alpha value is -3.50. The molecule has 1 saturated heterocycles. The summed E-state index contributed by atoms with van der Waals surface area (Å²) >= 11 is 1.21. The average molecular weight is 525 g/mol. The minimum atomic E-state index is -0.931. The number of hydrogen-bond acceptors (Lipinski definition) is 7. The fourth-order valence-electron chi connectivity index (χ4n) is 5.30. The molecule has 0 bridgehead atoms. The van der Waals surface area contributed by atoms with E-state index in [0.29, 0.717) is 39.5 Å². The number of amides is 1. The molecule has 1 aromatic heterocycles. The number of carbonyl (C=O) groups excluding carboxylic acids is 1. The molecule has 0 radical (unpaired) electrons. The molecular weight excluding hydrogens is 495 g/mol. The Bertz CT molecular complexity index is 1370. The van der Waals surface area contributed by atoms with E-state index >= 15 is 0 Å². The van der Waals surface area contributed by atoms with E-state index in [9.17, 15) is 14.0 Å². The van der Waals surface area contributed by atoms with E-state index in [2.05, 4.69) is 4.98 Å². The highest BCUT2D eigenvalue weighted by atomic mass is 32.1. The highest BCUT2D eigenvalue weighted by Gasteiger charge is 2.54. The van der Waals surface area contributed by atoms with Gasteiger partial charge in [-0.05, 0) is 61.9 Å². The van der Waals surface area contributed by atoms with Crippen molar-refractivity contribution in [1.29, 1.82) is 0 Å². The number of carbonyl (C=O) groups is 2. The van der Waals surface area contributed by atoms with Crippen LogP contribution in [0.4, 0.5) is 9.52 Å². The Labute approximate surface area is 218 Å². The van der Waals surface area contributed by atoms with Crippen LogP contribution in [0.1, 0.15) is 53.1 Å². The molecule has 3 aromatic rings. The molecule has 1 saturated carbocycles. The highest BCUT2D eigenvalue weighted by molar-refractivity contribution is 7.19. The molecule has 2 fully saturated rings. The van der Waals surface area contributed by atoms with Crippen LogP contribution in [0, 0.1) is 11.7 Å². The van der Waals surface area contributed by atoms with Crippen molar-refractivity contribution in [2.75, 3.05) is 12.3 Å². The number of thiazole rings is 1. The molecule has 5 N–H and O–H groups in total. The number of ether oxygens (including phenoxy) is 1. The number of piperidine rings is 1. The van der Waals surface area contributed by atoms with Crippen LogP contribution < -0.4 is 16.2 Å². The summed E-state index contributed by atoms with van der Waals surface area (Å²) in [6.45, 7) is 4.37. The molecule has 8 nitrogen and oxygen atoms in total. The third kappa shape index (κ3) is 4.91. The predicted octanol–water partition coefficient (Wildman–Crippen LogP) is 4.19. The summed E-state index contributed by atoms with van der Waals surface area (Å²) in [6.07, 6.45) is 2.77. The number of anilines is 1. The lowest BCUT2D eigenvalue weighted by atomic mass is 10.0. The molecule has 0 unspecified atom stereocenters. The van der Waals surface area contributed by atoms with Gasteiger partial charge in [-0.2, -0.15) is 0 Å². The number of aromatic nitrogens is 1. The van der Waals surface area contributed by atoms with Gasteiger partial charge in [0, 0.05) is 25.0 Å². The van der Waals surface area contributed by atoms with Gasteiger partial charge in [-0.15, -0.1) is 0 Å². The molecule has 1 amide bonds. The van der Waals surface area contributed by atoms with Crippen molar-refractivity contribution in [3.8, 4) is 16.2 Å². The number of halogens is 1. The van der Waals surface area contributed by atoms with E-state index in [0.717, 1.165) is 24.8 Å². The standard InChI is InChI=1S/C16H17FN4OS.C11H12O3/c17-10-3-1-2-8(4-10)14-13(20-16(19)23-14)15(22)21-11(7-18)5-9-6-12(9)21;1-11(2)6-7-4-3-5-8(10(12)13)9(7)14-11/h1-4,9,11-12H,5-7,18H2,(H2,19,20);3-5H,6H2,1-2H3,(H,12,13)/t9-,11+,12+;/m1./s1. The lowest BCUT2D eigenvalue weighted by molar-refractivity contribution is 0.0680. The van der Waals surface area contributed by atoms with Crippen molar-refractivity contribution in [3.05, 3.63) is 65.1 Å². The number of fused-ring (bicyclic) bond motifs is 2. The zero-order chi connectivity index (χ0) is 26.5. The second kappa shape index (κ2) is 9.42. The predicted molar refractivity (Wildman–Crippen MR) is 139 cm³/mol. The number of benzene rings is 2. The first kappa shape index (κ1) is 25.2. The number of para-hydroxylation sites is 1. The van der Waals surface area contributed by atoms with E-state index in [-0.39, 0.29) is 35.0 Å². The maximum absolute atomic E-state index is 13.5. The van der Waals surface area contributed by atoms with E-state index in [1.54, 1.807) is 24.3 Å². The zero-order valence-electron chi connectivity index (χ0n) is 20.6. The van der Waals surface area contributed by atoms with E-state index in [1.165, 1.54) is 23.5 Å². The number of nitrogen functional groups attached to an aromatic ring is 1. The summed E-state index contributed by atoms with van der Waals surface area (Å²) in [5.41, 5.74) is 13.5. The van der Waals surface area contributed by atoms with Crippen LogP contribution in [0.2, 0.25) is 0 Å².